The van der Waals surface area contributed by atoms with E-state index in [0.29, 0.717) is 0 Å². The Bertz CT molecular complexity index is 326. The van der Waals surface area contributed by atoms with Crippen LogP contribution >= 0.6 is 0 Å². The summed E-state index contributed by atoms with van der Waals surface area (Å²) in [5.74, 6) is 6.99. The van der Waals surface area contributed by atoms with Crippen LogP contribution in [-0.4, -0.2) is 11.5 Å². The predicted octanol–water partition coefficient (Wildman–Crippen LogP) is 2.52. The first-order valence-corrected chi connectivity index (χ1v) is 4.55. The summed E-state index contributed by atoms with van der Waals surface area (Å²) in [5, 5.41) is 3.15. The summed E-state index contributed by atoms with van der Waals surface area (Å²) >= 11 is 0. The smallest absolute Gasteiger partial charge is 0.127 e. The highest BCUT2D eigenvalue weighted by molar-refractivity contribution is 5.44. The van der Waals surface area contributed by atoms with Crippen LogP contribution in [0.4, 0.5) is 5.82 Å². The van der Waals surface area contributed by atoms with Crippen molar-refractivity contribution in [3.05, 3.63) is 23.9 Å². The van der Waals surface area contributed by atoms with E-state index in [1.807, 2.05) is 26.0 Å². The Kier molecular flexibility index (Phi) is 3.84. The van der Waals surface area contributed by atoms with Crippen molar-refractivity contribution in [2.24, 2.45) is 0 Å². The van der Waals surface area contributed by atoms with Crippen molar-refractivity contribution in [3.63, 3.8) is 0 Å². The maximum Gasteiger partial charge on any atom is 0.127 e. The number of nitrogens with one attached hydrogen (secondary N) is 1. The van der Waals surface area contributed by atoms with E-state index >= 15 is 0 Å². The lowest BCUT2D eigenvalue weighted by Gasteiger charge is -2.00. The van der Waals surface area contributed by atoms with Crippen molar-refractivity contribution in [3.8, 4) is 11.8 Å². The second-order valence-corrected chi connectivity index (χ2v) is 2.62. The summed E-state index contributed by atoms with van der Waals surface area (Å²) in [5.41, 5.74) is 1.02. The standard InChI is InChI=1S/C11H14N2.H2/c1-3-5-6-10-7-8-13-11(9-10)12-4-2;/h7-9H,3-4H2,1-2H3,(H,12,13);1H. The summed E-state index contributed by atoms with van der Waals surface area (Å²) in [6.45, 7) is 4.98. The number of hydrogen-bond acceptors (Lipinski definition) is 2. The van der Waals surface area contributed by atoms with Gasteiger partial charge in [-0.1, -0.05) is 18.8 Å². The van der Waals surface area contributed by atoms with Crippen LogP contribution in [0.1, 0.15) is 27.3 Å². The van der Waals surface area contributed by atoms with E-state index in [0.717, 1.165) is 24.3 Å². The van der Waals surface area contributed by atoms with E-state index in [9.17, 15) is 0 Å². The summed E-state index contributed by atoms with van der Waals surface area (Å²) in [7, 11) is 0. The van der Waals surface area contributed by atoms with Gasteiger partial charge in [0.2, 0.25) is 0 Å². The van der Waals surface area contributed by atoms with Gasteiger partial charge in [0.05, 0.1) is 0 Å². The minimum atomic E-state index is 0. The van der Waals surface area contributed by atoms with E-state index in [1.165, 1.54) is 0 Å². The van der Waals surface area contributed by atoms with Crippen LogP contribution in [-0.2, 0) is 0 Å². The first kappa shape index (κ1) is 9.60. The fourth-order valence-corrected chi connectivity index (χ4v) is 0.977. The quantitative estimate of drug-likeness (QED) is 0.700. The van der Waals surface area contributed by atoms with E-state index in [4.69, 9.17) is 0 Å². The third kappa shape index (κ3) is 3.16. The van der Waals surface area contributed by atoms with Gasteiger partial charge in [-0.3, -0.25) is 0 Å². The average molecular weight is 176 g/mol. The van der Waals surface area contributed by atoms with Gasteiger partial charge in [-0.05, 0) is 19.1 Å². The molecule has 1 aromatic heterocycles. The van der Waals surface area contributed by atoms with Crippen molar-refractivity contribution in [2.75, 3.05) is 11.9 Å². The maximum absolute atomic E-state index is 4.16. The zero-order valence-electron chi connectivity index (χ0n) is 8.09. The van der Waals surface area contributed by atoms with Gasteiger partial charge < -0.3 is 5.32 Å². The topological polar surface area (TPSA) is 24.9 Å². The first-order valence-electron chi connectivity index (χ1n) is 4.55. The third-order valence-electron chi connectivity index (χ3n) is 1.53. The Balaban J connectivity index is 0.00000169. The maximum atomic E-state index is 4.16. The molecule has 0 aromatic carbocycles. The highest BCUT2D eigenvalue weighted by atomic mass is 15.0. The third-order valence-corrected chi connectivity index (χ3v) is 1.53. The molecule has 0 saturated carbocycles. The van der Waals surface area contributed by atoms with Gasteiger partial charge in [-0.15, -0.1) is 0 Å². The summed E-state index contributed by atoms with van der Waals surface area (Å²) in [4.78, 5) is 4.16. The molecule has 0 amide bonds. The fraction of sp³-hybridized carbons (Fsp3) is 0.364. The molecule has 1 N–H and O–H groups in total. The summed E-state index contributed by atoms with van der Waals surface area (Å²) in [6, 6.07) is 3.88. The molecule has 70 valence electrons. The average Bonchev–Trinajstić information content (AvgIpc) is 2.16. The number of aromatic nitrogens is 1. The minimum absolute atomic E-state index is 0. The lowest BCUT2D eigenvalue weighted by atomic mass is 10.2. The van der Waals surface area contributed by atoms with Crippen molar-refractivity contribution in [1.82, 2.24) is 4.98 Å². The Hall–Kier alpha value is -1.49. The molecule has 0 bridgehead atoms. The number of rotatable bonds is 2. The molecule has 0 spiro atoms. The van der Waals surface area contributed by atoms with Gasteiger partial charge in [0.25, 0.3) is 0 Å². The number of nitrogens with zero attached hydrogens (tertiary/aromatic N) is 1. The second-order valence-electron chi connectivity index (χ2n) is 2.62. The molecule has 2 heteroatoms. The lowest BCUT2D eigenvalue weighted by Crippen LogP contribution is -1.98. The van der Waals surface area contributed by atoms with Crippen LogP contribution in [0, 0.1) is 11.8 Å². The van der Waals surface area contributed by atoms with Crippen LogP contribution in [0.15, 0.2) is 18.3 Å². The zero-order valence-corrected chi connectivity index (χ0v) is 8.09. The molecule has 0 radical (unpaired) electrons. The van der Waals surface area contributed by atoms with E-state index in [-0.39, 0.29) is 1.43 Å². The van der Waals surface area contributed by atoms with Crippen molar-refractivity contribution in [2.45, 2.75) is 20.3 Å². The molecule has 2 nitrogen and oxygen atoms in total. The highest BCUT2D eigenvalue weighted by Crippen LogP contribution is 2.04. The van der Waals surface area contributed by atoms with Gasteiger partial charge in [0.15, 0.2) is 0 Å². The van der Waals surface area contributed by atoms with E-state index in [2.05, 4.69) is 22.1 Å². The van der Waals surface area contributed by atoms with Crippen LogP contribution in [0.3, 0.4) is 0 Å². The number of anilines is 1. The lowest BCUT2D eigenvalue weighted by molar-refractivity contribution is 1.16. The van der Waals surface area contributed by atoms with Crippen molar-refractivity contribution < 1.29 is 1.43 Å². The fourth-order valence-electron chi connectivity index (χ4n) is 0.977. The van der Waals surface area contributed by atoms with Crippen molar-refractivity contribution >= 4 is 5.82 Å². The zero-order chi connectivity index (χ0) is 9.52. The molecule has 0 unspecified atom stereocenters. The van der Waals surface area contributed by atoms with Crippen molar-refractivity contribution in [1.29, 1.82) is 0 Å². The Labute approximate surface area is 80.9 Å². The highest BCUT2D eigenvalue weighted by Gasteiger charge is 1.91. The normalized spacial score (nSPS) is 8.77. The molecule has 0 atom stereocenters. The second kappa shape index (κ2) is 5.21. The predicted molar refractivity (Wildman–Crippen MR) is 57.7 cm³/mol. The Morgan fingerprint density at radius 2 is 2.38 bits per heavy atom. The molecule has 0 aliphatic rings. The summed E-state index contributed by atoms with van der Waals surface area (Å²) < 4.78 is 0. The minimum Gasteiger partial charge on any atom is -0.370 e. The largest absolute Gasteiger partial charge is 0.370 e. The Morgan fingerprint density at radius 3 is 3.08 bits per heavy atom. The Morgan fingerprint density at radius 1 is 1.54 bits per heavy atom. The van der Waals surface area contributed by atoms with Gasteiger partial charge >= 0.3 is 0 Å². The molecule has 0 aliphatic heterocycles. The van der Waals surface area contributed by atoms with Crippen LogP contribution < -0.4 is 5.32 Å². The van der Waals surface area contributed by atoms with E-state index < -0.39 is 0 Å². The van der Waals surface area contributed by atoms with Gasteiger partial charge in [-0.25, -0.2) is 4.98 Å². The van der Waals surface area contributed by atoms with Gasteiger partial charge in [0.1, 0.15) is 5.82 Å². The molecule has 1 aromatic rings. The monoisotopic (exact) mass is 176 g/mol. The number of pyridine rings is 1. The van der Waals surface area contributed by atoms with Gasteiger partial charge in [0, 0.05) is 26.2 Å². The van der Waals surface area contributed by atoms with Gasteiger partial charge in [-0.2, -0.15) is 0 Å². The molecule has 13 heavy (non-hydrogen) atoms. The molecule has 0 saturated heterocycles. The molecule has 1 rings (SSSR count). The van der Waals surface area contributed by atoms with Crippen LogP contribution in [0.5, 0.6) is 0 Å². The molecule has 1 heterocycles. The molecule has 0 fully saturated rings. The molecular formula is C11H16N2. The summed E-state index contributed by atoms with van der Waals surface area (Å²) in [6.07, 6.45) is 2.66. The van der Waals surface area contributed by atoms with Crippen LogP contribution in [0.25, 0.3) is 0 Å². The molecule has 0 aliphatic carbocycles. The number of hydrogen-bond donors (Lipinski definition) is 1. The van der Waals surface area contributed by atoms with E-state index in [1.54, 1.807) is 6.20 Å². The first-order chi connectivity index (χ1) is 6.36. The SMILES string of the molecule is CCC#Cc1ccnc(NCC)c1.[HH]. The molecular weight excluding hydrogens is 160 g/mol. The van der Waals surface area contributed by atoms with Crippen LogP contribution in [0.2, 0.25) is 0 Å².